The molecule has 0 atom stereocenters. The number of hydrogen-bond acceptors (Lipinski definition) is 4. The van der Waals surface area contributed by atoms with Gasteiger partial charge in [0.1, 0.15) is 0 Å². The van der Waals surface area contributed by atoms with Gasteiger partial charge in [0, 0.05) is 11.3 Å². The number of amides is 1. The van der Waals surface area contributed by atoms with Gasteiger partial charge in [-0.15, -0.1) is 0 Å². The minimum absolute atomic E-state index is 0.168. The number of carbonyl (C=O) groups excluding carboxylic acids is 1. The quantitative estimate of drug-likeness (QED) is 0.729. The molecule has 3 rings (SSSR count). The number of benzene rings is 2. The summed E-state index contributed by atoms with van der Waals surface area (Å²) in [7, 11) is 0. The van der Waals surface area contributed by atoms with Gasteiger partial charge in [-0.1, -0.05) is 28.5 Å². The summed E-state index contributed by atoms with van der Waals surface area (Å²) in [5, 5.41) is 12.8. The summed E-state index contributed by atoms with van der Waals surface area (Å²) in [6.45, 7) is 0. The number of tetrazole rings is 1. The molecule has 0 unspecified atom stereocenters. The number of rotatable bonds is 3. The monoisotopic (exact) mass is 297 g/mol. The second-order valence-corrected chi connectivity index (χ2v) is 4.65. The zero-order valence-corrected chi connectivity index (χ0v) is 11.7. The molecule has 0 saturated heterocycles. The Balaban J connectivity index is 1.80. The molecular formula is C14H11N5OS. The number of aromatic amines is 1. The zero-order chi connectivity index (χ0) is 14.7. The molecule has 0 saturated carbocycles. The van der Waals surface area contributed by atoms with Gasteiger partial charge in [0.05, 0.1) is 5.69 Å². The van der Waals surface area contributed by atoms with Gasteiger partial charge in [0.2, 0.25) is 4.77 Å². The van der Waals surface area contributed by atoms with Crippen LogP contribution >= 0.6 is 12.2 Å². The van der Waals surface area contributed by atoms with Gasteiger partial charge in [0.25, 0.3) is 5.91 Å². The van der Waals surface area contributed by atoms with Gasteiger partial charge in [-0.25, -0.2) is 4.68 Å². The van der Waals surface area contributed by atoms with Crippen LogP contribution in [0.25, 0.3) is 5.69 Å². The Morgan fingerprint density at radius 3 is 2.43 bits per heavy atom. The first-order chi connectivity index (χ1) is 10.2. The maximum atomic E-state index is 12.1. The molecule has 0 aliphatic rings. The average molecular weight is 297 g/mol. The van der Waals surface area contributed by atoms with E-state index in [0.29, 0.717) is 10.3 Å². The van der Waals surface area contributed by atoms with Crippen LogP contribution in [0.4, 0.5) is 5.69 Å². The maximum Gasteiger partial charge on any atom is 0.255 e. The zero-order valence-electron chi connectivity index (χ0n) is 10.9. The molecule has 1 heterocycles. The third-order valence-electron chi connectivity index (χ3n) is 2.89. The number of hydrogen-bond donors (Lipinski definition) is 2. The molecule has 21 heavy (non-hydrogen) atoms. The Morgan fingerprint density at radius 1 is 1.10 bits per heavy atom. The van der Waals surface area contributed by atoms with E-state index in [4.69, 9.17) is 12.2 Å². The summed E-state index contributed by atoms with van der Waals surface area (Å²) >= 11 is 5.02. The molecule has 0 radical (unpaired) electrons. The SMILES string of the molecule is O=C(Nc1ccccc1)c1ccc(-n2[nH]nnc2=S)cc1. The van der Waals surface area contributed by atoms with Crippen LogP contribution in [0.3, 0.4) is 0 Å². The predicted molar refractivity (Wildman–Crippen MR) is 80.9 cm³/mol. The fourth-order valence-corrected chi connectivity index (χ4v) is 2.04. The molecule has 6 nitrogen and oxygen atoms in total. The Labute approximate surface area is 125 Å². The second kappa shape index (κ2) is 5.68. The summed E-state index contributed by atoms with van der Waals surface area (Å²) in [5.74, 6) is -0.168. The third kappa shape index (κ3) is 2.87. The highest BCUT2D eigenvalue weighted by Crippen LogP contribution is 2.11. The van der Waals surface area contributed by atoms with Crippen molar-refractivity contribution >= 4 is 23.8 Å². The van der Waals surface area contributed by atoms with Crippen molar-refractivity contribution in [3.05, 3.63) is 64.9 Å². The van der Waals surface area contributed by atoms with Crippen LogP contribution in [0.5, 0.6) is 0 Å². The molecule has 0 aliphatic carbocycles. The van der Waals surface area contributed by atoms with Crippen LogP contribution < -0.4 is 5.32 Å². The van der Waals surface area contributed by atoms with Crippen molar-refractivity contribution in [2.45, 2.75) is 0 Å². The number of nitrogens with zero attached hydrogens (tertiary/aromatic N) is 3. The summed E-state index contributed by atoms with van der Waals surface area (Å²) in [5.41, 5.74) is 2.08. The van der Waals surface area contributed by atoms with Crippen molar-refractivity contribution in [1.29, 1.82) is 0 Å². The van der Waals surface area contributed by atoms with E-state index in [-0.39, 0.29) is 5.91 Å². The van der Waals surface area contributed by atoms with Gasteiger partial charge in [-0.3, -0.25) is 4.79 Å². The molecule has 104 valence electrons. The number of carbonyl (C=O) groups is 1. The lowest BCUT2D eigenvalue weighted by Crippen LogP contribution is -2.11. The summed E-state index contributed by atoms with van der Waals surface area (Å²) < 4.78 is 1.88. The van der Waals surface area contributed by atoms with Gasteiger partial charge >= 0.3 is 0 Å². The molecule has 7 heteroatoms. The lowest BCUT2D eigenvalue weighted by atomic mass is 10.2. The highest BCUT2D eigenvalue weighted by Gasteiger charge is 2.07. The minimum Gasteiger partial charge on any atom is -0.322 e. The molecular weight excluding hydrogens is 286 g/mol. The van der Waals surface area contributed by atoms with E-state index in [2.05, 4.69) is 20.8 Å². The van der Waals surface area contributed by atoms with Crippen LogP contribution in [-0.4, -0.2) is 26.1 Å². The first-order valence-corrected chi connectivity index (χ1v) is 6.62. The number of anilines is 1. The van der Waals surface area contributed by atoms with Gasteiger partial charge in [-0.05, 0) is 48.6 Å². The van der Waals surface area contributed by atoms with Crippen LogP contribution in [-0.2, 0) is 0 Å². The normalized spacial score (nSPS) is 10.3. The number of para-hydroxylation sites is 1. The molecule has 0 spiro atoms. The van der Waals surface area contributed by atoms with Gasteiger partial charge in [0.15, 0.2) is 0 Å². The number of H-pyrrole nitrogens is 1. The Morgan fingerprint density at radius 2 is 1.81 bits per heavy atom. The molecule has 2 aromatic carbocycles. The van der Waals surface area contributed by atoms with Crippen molar-refractivity contribution < 1.29 is 4.79 Å². The first-order valence-electron chi connectivity index (χ1n) is 6.21. The molecule has 3 aromatic rings. The molecule has 0 bridgehead atoms. The van der Waals surface area contributed by atoms with Crippen LogP contribution in [0, 0.1) is 4.77 Å². The lowest BCUT2D eigenvalue weighted by Gasteiger charge is -2.06. The largest absolute Gasteiger partial charge is 0.322 e. The smallest absolute Gasteiger partial charge is 0.255 e. The Hall–Kier alpha value is -2.80. The van der Waals surface area contributed by atoms with Gasteiger partial charge < -0.3 is 5.32 Å². The molecule has 1 amide bonds. The topological polar surface area (TPSA) is 75.6 Å². The maximum absolute atomic E-state index is 12.1. The van der Waals surface area contributed by atoms with Crippen LogP contribution in [0.15, 0.2) is 54.6 Å². The van der Waals surface area contributed by atoms with Crippen molar-refractivity contribution in [1.82, 2.24) is 20.2 Å². The van der Waals surface area contributed by atoms with E-state index in [9.17, 15) is 4.79 Å². The van der Waals surface area contributed by atoms with E-state index in [1.54, 1.807) is 28.9 Å². The Kier molecular flexibility index (Phi) is 3.57. The van der Waals surface area contributed by atoms with E-state index < -0.39 is 0 Å². The molecule has 0 fully saturated rings. The van der Waals surface area contributed by atoms with Gasteiger partial charge in [-0.2, -0.15) is 5.21 Å². The second-order valence-electron chi connectivity index (χ2n) is 4.29. The van der Waals surface area contributed by atoms with E-state index in [0.717, 1.165) is 11.4 Å². The molecule has 2 N–H and O–H groups in total. The third-order valence-corrected chi connectivity index (χ3v) is 3.16. The van der Waals surface area contributed by atoms with Crippen molar-refractivity contribution in [2.24, 2.45) is 0 Å². The predicted octanol–water partition coefficient (Wildman–Crippen LogP) is 2.58. The summed E-state index contributed by atoms with van der Waals surface area (Å²) in [4.78, 5) is 12.1. The number of nitrogens with one attached hydrogen (secondary N) is 2. The van der Waals surface area contributed by atoms with Crippen LogP contribution in [0.1, 0.15) is 10.4 Å². The van der Waals surface area contributed by atoms with Crippen molar-refractivity contribution in [2.75, 3.05) is 5.32 Å². The van der Waals surface area contributed by atoms with Crippen LogP contribution in [0.2, 0.25) is 0 Å². The highest BCUT2D eigenvalue weighted by molar-refractivity contribution is 7.71. The highest BCUT2D eigenvalue weighted by atomic mass is 32.1. The van der Waals surface area contributed by atoms with E-state index in [1.807, 2.05) is 30.3 Å². The lowest BCUT2D eigenvalue weighted by molar-refractivity contribution is 0.102. The summed E-state index contributed by atoms with van der Waals surface area (Å²) in [6.07, 6.45) is 0. The van der Waals surface area contributed by atoms with Crippen molar-refractivity contribution in [3.8, 4) is 5.69 Å². The average Bonchev–Trinajstić information content (AvgIpc) is 2.94. The fourth-order valence-electron chi connectivity index (χ4n) is 1.85. The Bertz CT molecular complexity index is 807. The molecule has 1 aromatic heterocycles. The molecule has 0 aliphatic heterocycles. The summed E-state index contributed by atoms with van der Waals surface area (Å²) in [6, 6.07) is 16.3. The fraction of sp³-hybridized carbons (Fsp3) is 0. The standard InChI is InChI=1S/C14H11N5OS/c20-13(15-11-4-2-1-3-5-11)10-6-8-12(9-7-10)19-14(21)16-17-18-19/h1-9H,(H,15,20)(H,16,18,21). The first kappa shape index (κ1) is 13.2. The minimum atomic E-state index is -0.168. The van der Waals surface area contributed by atoms with E-state index >= 15 is 0 Å². The number of aromatic nitrogens is 4. The van der Waals surface area contributed by atoms with Crippen molar-refractivity contribution in [3.63, 3.8) is 0 Å². The van der Waals surface area contributed by atoms with E-state index in [1.165, 1.54) is 0 Å².